The van der Waals surface area contributed by atoms with E-state index in [0.717, 1.165) is 50.8 Å². The number of rotatable bonds is 6. The summed E-state index contributed by atoms with van der Waals surface area (Å²) >= 11 is 0. The Hall–Kier alpha value is -1.15. The number of carbonyl (C=O) groups is 1. The first kappa shape index (κ1) is 23.1. The molecule has 0 atom stereocenters. The molecule has 158 valence electrons. The van der Waals surface area contributed by atoms with Gasteiger partial charge in [0.05, 0.1) is 4.90 Å². The summed E-state index contributed by atoms with van der Waals surface area (Å²) in [5.74, 6) is 0.159. The molecule has 2 aliphatic rings. The predicted molar refractivity (Wildman–Crippen MR) is 113 cm³/mol. The van der Waals surface area contributed by atoms with E-state index >= 15 is 0 Å². The third kappa shape index (κ3) is 5.69. The van der Waals surface area contributed by atoms with Crippen molar-refractivity contribution >= 4 is 28.3 Å². The highest BCUT2D eigenvalue weighted by Gasteiger charge is 2.26. The van der Waals surface area contributed by atoms with Crippen molar-refractivity contribution in [1.82, 2.24) is 14.5 Å². The van der Waals surface area contributed by atoms with Gasteiger partial charge in [-0.1, -0.05) is 18.6 Å². The summed E-state index contributed by atoms with van der Waals surface area (Å²) in [6.07, 6.45) is 6.08. The molecule has 3 rings (SSSR count). The Balaban J connectivity index is 0.00000280. The summed E-state index contributed by atoms with van der Waals surface area (Å²) in [5.41, 5.74) is 1.000. The summed E-state index contributed by atoms with van der Waals surface area (Å²) < 4.78 is 27.0. The maximum atomic E-state index is 12.7. The first-order valence-corrected chi connectivity index (χ1v) is 11.5. The molecule has 6 nitrogen and oxygen atoms in total. The van der Waals surface area contributed by atoms with Crippen LogP contribution in [-0.4, -0.2) is 62.8 Å². The Bertz CT molecular complexity index is 728. The van der Waals surface area contributed by atoms with Crippen LogP contribution in [0.2, 0.25) is 0 Å². The molecule has 0 saturated carbocycles. The van der Waals surface area contributed by atoms with Gasteiger partial charge in [-0.2, -0.15) is 4.31 Å². The first-order chi connectivity index (χ1) is 13.0. The predicted octanol–water partition coefficient (Wildman–Crippen LogP) is 2.43. The lowest BCUT2D eigenvalue weighted by Gasteiger charge is -2.31. The molecule has 0 unspecified atom stereocenters. The van der Waals surface area contributed by atoms with Crippen LogP contribution in [0.25, 0.3) is 0 Å². The summed E-state index contributed by atoms with van der Waals surface area (Å²) in [4.78, 5) is 14.7. The largest absolute Gasteiger partial charge is 0.343 e. The molecule has 1 amide bonds. The van der Waals surface area contributed by atoms with Crippen molar-refractivity contribution in [2.45, 2.75) is 55.9 Å². The molecular weight excluding hydrogens is 398 g/mol. The summed E-state index contributed by atoms with van der Waals surface area (Å²) in [7, 11) is -1.49. The highest BCUT2D eigenvalue weighted by molar-refractivity contribution is 7.89. The number of sulfonamides is 1. The summed E-state index contributed by atoms with van der Waals surface area (Å²) in [6.45, 7) is 3.16. The second kappa shape index (κ2) is 10.6. The van der Waals surface area contributed by atoms with Crippen LogP contribution < -0.4 is 5.32 Å². The fraction of sp³-hybridized carbons (Fsp3) is 0.650. The number of hydrogen-bond acceptors (Lipinski definition) is 4. The highest BCUT2D eigenvalue weighted by Crippen LogP contribution is 2.21. The Labute approximate surface area is 175 Å². The van der Waals surface area contributed by atoms with E-state index in [4.69, 9.17) is 0 Å². The molecule has 28 heavy (non-hydrogen) atoms. The summed E-state index contributed by atoms with van der Waals surface area (Å²) in [5, 5.41) is 3.32. The van der Waals surface area contributed by atoms with Crippen LogP contribution in [0.4, 0.5) is 0 Å². The van der Waals surface area contributed by atoms with E-state index in [0.29, 0.717) is 36.9 Å². The van der Waals surface area contributed by atoms with Crippen molar-refractivity contribution in [2.24, 2.45) is 0 Å². The number of hydrogen-bond donors (Lipinski definition) is 1. The minimum absolute atomic E-state index is 0. The zero-order chi connectivity index (χ0) is 19.3. The third-order valence-corrected chi connectivity index (χ3v) is 7.67. The molecule has 1 aromatic carbocycles. The minimum atomic E-state index is -3.39. The molecule has 0 spiro atoms. The van der Waals surface area contributed by atoms with E-state index in [-0.39, 0.29) is 18.3 Å². The minimum Gasteiger partial charge on any atom is -0.343 e. The molecule has 0 aliphatic carbocycles. The van der Waals surface area contributed by atoms with Crippen LogP contribution in [0.5, 0.6) is 0 Å². The topological polar surface area (TPSA) is 69.7 Å². The van der Waals surface area contributed by atoms with Crippen LogP contribution in [0.3, 0.4) is 0 Å². The standard InChI is InChI=1S/C20H31N3O3S.ClH/c1-22(18-11-13-21-14-12-18)20(24)10-7-17-5-8-19(9-6-17)27(25,26)23-15-3-2-4-16-23;/h5-6,8-9,18,21H,2-4,7,10-16H2,1H3;1H. The van der Waals surface area contributed by atoms with Crippen LogP contribution >= 0.6 is 12.4 Å². The molecule has 2 fully saturated rings. The summed E-state index contributed by atoms with van der Waals surface area (Å²) in [6, 6.07) is 7.37. The normalized spacial score (nSPS) is 19.0. The van der Waals surface area contributed by atoms with Gasteiger partial charge in [0, 0.05) is 32.6 Å². The quantitative estimate of drug-likeness (QED) is 0.753. The number of halogens is 1. The number of nitrogens with zero attached hydrogens (tertiary/aromatic N) is 2. The SMILES string of the molecule is CN(C(=O)CCc1ccc(S(=O)(=O)N2CCCCC2)cc1)C1CCNCC1.Cl. The zero-order valence-corrected chi connectivity index (χ0v) is 18.2. The molecule has 0 bridgehead atoms. The van der Waals surface area contributed by atoms with Crippen molar-refractivity contribution < 1.29 is 13.2 Å². The maximum Gasteiger partial charge on any atom is 0.243 e. The van der Waals surface area contributed by atoms with Gasteiger partial charge in [-0.3, -0.25) is 4.79 Å². The van der Waals surface area contributed by atoms with Gasteiger partial charge in [-0.25, -0.2) is 8.42 Å². The van der Waals surface area contributed by atoms with E-state index in [9.17, 15) is 13.2 Å². The van der Waals surface area contributed by atoms with E-state index in [1.807, 2.05) is 24.1 Å². The lowest BCUT2D eigenvalue weighted by Crippen LogP contribution is -2.44. The van der Waals surface area contributed by atoms with E-state index in [2.05, 4.69) is 5.32 Å². The number of nitrogens with one attached hydrogen (secondary N) is 1. The highest BCUT2D eigenvalue weighted by atomic mass is 35.5. The van der Waals surface area contributed by atoms with Crippen molar-refractivity contribution in [3.63, 3.8) is 0 Å². The number of piperidine rings is 2. The van der Waals surface area contributed by atoms with Crippen molar-refractivity contribution in [3.8, 4) is 0 Å². The molecular formula is C20H32ClN3O3S. The maximum absolute atomic E-state index is 12.7. The molecule has 2 aliphatic heterocycles. The molecule has 1 aromatic rings. The Morgan fingerprint density at radius 2 is 1.71 bits per heavy atom. The van der Waals surface area contributed by atoms with E-state index in [1.54, 1.807) is 16.4 Å². The molecule has 0 aromatic heterocycles. The monoisotopic (exact) mass is 429 g/mol. The molecule has 2 saturated heterocycles. The number of aryl methyl sites for hydroxylation is 1. The van der Waals surface area contributed by atoms with Crippen molar-refractivity contribution in [1.29, 1.82) is 0 Å². The third-order valence-electron chi connectivity index (χ3n) is 5.75. The first-order valence-electron chi connectivity index (χ1n) is 10.0. The number of amides is 1. The number of benzene rings is 1. The van der Waals surface area contributed by atoms with Gasteiger partial charge in [0.2, 0.25) is 15.9 Å². The lowest BCUT2D eigenvalue weighted by atomic mass is 10.0. The Morgan fingerprint density at radius 1 is 1.11 bits per heavy atom. The van der Waals surface area contributed by atoms with Crippen molar-refractivity contribution in [3.05, 3.63) is 29.8 Å². The van der Waals surface area contributed by atoms with Gasteiger partial charge in [-0.15, -0.1) is 12.4 Å². The fourth-order valence-electron chi connectivity index (χ4n) is 3.91. The molecule has 8 heteroatoms. The second-order valence-corrected chi connectivity index (χ2v) is 9.53. The Kier molecular flexibility index (Phi) is 8.74. The zero-order valence-electron chi connectivity index (χ0n) is 16.6. The average molecular weight is 430 g/mol. The number of carbonyl (C=O) groups excluding carboxylic acids is 1. The van der Waals surface area contributed by atoms with Crippen LogP contribution in [-0.2, 0) is 21.2 Å². The van der Waals surface area contributed by atoms with E-state index in [1.165, 1.54) is 0 Å². The van der Waals surface area contributed by atoms with Crippen LogP contribution in [0.15, 0.2) is 29.2 Å². The second-order valence-electron chi connectivity index (χ2n) is 7.59. The molecule has 0 radical (unpaired) electrons. The van der Waals surface area contributed by atoms with Gasteiger partial charge < -0.3 is 10.2 Å². The van der Waals surface area contributed by atoms with Crippen LogP contribution in [0, 0.1) is 0 Å². The lowest BCUT2D eigenvalue weighted by molar-refractivity contribution is -0.132. The van der Waals surface area contributed by atoms with E-state index < -0.39 is 10.0 Å². The van der Waals surface area contributed by atoms with Gasteiger partial charge in [0.15, 0.2) is 0 Å². The van der Waals surface area contributed by atoms with Gasteiger partial charge >= 0.3 is 0 Å². The fourth-order valence-corrected chi connectivity index (χ4v) is 5.42. The van der Waals surface area contributed by atoms with Crippen LogP contribution in [0.1, 0.15) is 44.1 Å². The molecule has 2 heterocycles. The molecule has 1 N–H and O–H groups in total. The average Bonchev–Trinajstić information content (AvgIpc) is 2.73. The smallest absolute Gasteiger partial charge is 0.243 e. The van der Waals surface area contributed by atoms with Gasteiger partial charge in [0.25, 0.3) is 0 Å². The van der Waals surface area contributed by atoms with Crippen molar-refractivity contribution in [2.75, 3.05) is 33.2 Å². The van der Waals surface area contributed by atoms with Gasteiger partial charge in [0.1, 0.15) is 0 Å². The Morgan fingerprint density at radius 3 is 2.32 bits per heavy atom. The van der Waals surface area contributed by atoms with Gasteiger partial charge in [-0.05, 0) is 62.9 Å².